The minimum atomic E-state index is -3.84. The molecule has 0 bridgehead atoms. The van der Waals surface area contributed by atoms with Gasteiger partial charge in [0.25, 0.3) is 0 Å². The molecule has 2 heterocycles. The van der Waals surface area contributed by atoms with Gasteiger partial charge in [-0.2, -0.15) is 4.98 Å². The van der Waals surface area contributed by atoms with Crippen molar-refractivity contribution in [3.63, 3.8) is 0 Å². The first-order chi connectivity index (χ1) is 13.9. The number of ether oxygens (including phenoxy) is 1. The highest BCUT2D eigenvalue weighted by atomic mass is 32.2. The number of benzene rings is 2. The third-order valence-electron chi connectivity index (χ3n) is 4.96. The molecule has 1 saturated heterocycles. The Morgan fingerprint density at radius 3 is 2.59 bits per heavy atom. The number of sulfone groups is 1. The van der Waals surface area contributed by atoms with Crippen LogP contribution in [0.15, 0.2) is 62.9 Å². The van der Waals surface area contributed by atoms with Crippen LogP contribution in [0, 0.1) is 13.8 Å². The average molecular weight is 413 g/mol. The van der Waals surface area contributed by atoms with Crippen LogP contribution >= 0.6 is 0 Å². The van der Waals surface area contributed by atoms with Gasteiger partial charge < -0.3 is 14.5 Å². The van der Waals surface area contributed by atoms with Gasteiger partial charge in [0, 0.05) is 18.7 Å². The summed E-state index contributed by atoms with van der Waals surface area (Å²) in [6, 6.07) is 14.4. The van der Waals surface area contributed by atoms with E-state index >= 15 is 0 Å². The van der Waals surface area contributed by atoms with E-state index < -0.39 is 9.84 Å². The maximum absolute atomic E-state index is 13.3. The highest BCUT2D eigenvalue weighted by Crippen LogP contribution is 2.33. The number of hydrogen-bond donors (Lipinski definition) is 1. The van der Waals surface area contributed by atoms with Gasteiger partial charge in [0.05, 0.1) is 11.0 Å². The van der Waals surface area contributed by atoms with Gasteiger partial charge in [-0.05, 0) is 51.0 Å². The Labute approximate surface area is 170 Å². The molecular formula is C22H24N2O4S. The Kier molecular flexibility index (Phi) is 5.43. The molecule has 4 rings (SSSR count). The van der Waals surface area contributed by atoms with E-state index in [0.29, 0.717) is 6.54 Å². The van der Waals surface area contributed by atoms with Crippen LogP contribution in [0.3, 0.4) is 0 Å². The van der Waals surface area contributed by atoms with Gasteiger partial charge >= 0.3 is 0 Å². The lowest BCUT2D eigenvalue weighted by Gasteiger charge is -2.10. The van der Waals surface area contributed by atoms with Crippen LogP contribution in [0.4, 0.5) is 5.88 Å². The largest absolute Gasteiger partial charge is 0.419 e. The van der Waals surface area contributed by atoms with Crippen molar-refractivity contribution in [1.82, 2.24) is 4.98 Å². The monoisotopic (exact) mass is 412 g/mol. The average Bonchev–Trinajstić information content (AvgIpc) is 3.37. The van der Waals surface area contributed by atoms with E-state index in [4.69, 9.17) is 9.15 Å². The van der Waals surface area contributed by atoms with Crippen molar-refractivity contribution in [2.24, 2.45) is 0 Å². The van der Waals surface area contributed by atoms with E-state index in [2.05, 4.69) is 10.3 Å². The molecule has 29 heavy (non-hydrogen) atoms. The maximum Gasteiger partial charge on any atom is 0.233 e. The van der Waals surface area contributed by atoms with Crippen LogP contribution in [0.5, 0.6) is 0 Å². The molecule has 1 unspecified atom stereocenters. The Balaban J connectivity index is 1.74. The summed E-state index contributed by atoms with van der Waals surface area (Å²) in [6.45, 7) is 5.08. The molecule has 0 saturated carbocycles. The predicted octanol–water partition coefficient (Wildman–Crippen LogP) is 4.38. The second kappa shape index (κ2) is 8.00. The Morgan fingerprint density at radius 1 is 1.10 bits per heavy atom. The van der Waals surface area contributed by atoms with Gasteiger partial charge in [0.15, 0.2) is 0 Å². The normalized spacial score (nSPS) is 16.8. The quantitative estimate of drug-likeness (QED) is 0.647. The smallest absolute Gasteiger partial charge is 0.233 e. The molecule has 1 fully saturated rings. The number of nitrogens with one attached hydrogen (secondary N) is 1. The zero-order chi connectivity index (χ0) is 20.4. The molecular weight excluding hydrogens is 388 g/mol. The molecule has 0 radical (unpaired) electrons. The predicted molar refractivity (Wildman–Crippen MR) is 111 cm³/mol. The topological polar surface area (TPSA) is 81.4 Å². The summed E-state index contributed by atoms with van der Waals surface area (Å²) in [5.41, 5.74) is 2.76. The molecule has 152 valence electrons. The zero-order valence-electron chi connectivity index (χ0n) is 16.5. The SMILES string of the molecule is Cc1ccc(S(=O)(=O)c2nc(-c3cccc(C)c3)oc2NCC2CCCO2)cc1. The Bertz CT molecular complexity index is 1100. The zero-order valence-corrected chi connectivity index (χ0v) is 17.3. The molecule has 1 aliphatic heterocycles. The Hall–Kier alpha value is -2.64. The lowest BCUT2D eigenvalue weighted by Crippen LogP contribution is -2.19. The summed E-state index contributed by atoms with van der Waals surface area (Å²) in [7, 11) is -3.84. The first-order valence-corrected chi connectivity index (χ1v) is 11.2. The number of rotatable bonds is 6. The van der Waals surface area contributed by atoms with Crippen LogP contribution in [0.1, 0.15) is 24.0 Å². The van der Waals surface area contributed by atoms with E-state index in [-0.39, 0.29) is 27.8 Å². The summed E-state index contributed by atoms with van der Waals surface area (Å²) >= 11 is 0. The molecule has 6 nitrogen and oxygen atoms in total. The van der Waals surface area contributed by atoms with Crippen molar-refractivity contribution in [2.75, 3.05) is 18.5 Å². The first-order valence-electron chi connectivity index (χ1n) is 9.68. The van der Waals surface area contributed by atoms with Crippen LogP contribution < -0.4 is 5.32 Å². The fraction of sp³-hybridized carbons (Fsp3) is 0.318. The molecule has 1 aromatic heterocycles. The van der Waals surface area contributed by atoms with E-state index in [1.165, 1.54) is 0 Å². The summed E-state index contributed by atoms with van der Waals surface area (Å²) in [5, 5.41) is 3.01. The van der Waals surface area contributed by atoms with Crippen molar-refractivity contribution < 1.29 is 17.6 Å². The fourth-order valence-electron chi connectivity index (χ4n) is 3.34. The maximum atomic E-state index is 13.3. The highest BCUT2D eigenvalue weighted by Gasteiger charge is 2.29. The standard InChI is InChI=1S/C22H24N2O4S/c1-15-8-10-19(11-9-15)29(25,26)22-21(23-14-18-7-4-12-27-18)28-20(24-22)17-6-3-5-16(2)13-17/h3,5-6,8-11,13,18,23H,4,7,12,14H2,1-2H3. The van der Waals surface area contributed by atoms with Gasteiger partial charge in [0.2, 0.25) is 26.6 Å². The summed E-state index contributed by atoms with van der Waals surface area (Å²) in [4.78, 5) is 4.57. The molecule has 0 amide bonds. The van der Waals surface area contributed by atoms with Crippen LogP contribution in [-0.4, -0.2) is 32.7 Å². The van der Waals surface area contributed by atoms with Gasteiger partial charge in [-0.25, -0.2) is 8.42 Å². The first kappa shape index (κ1) is 19.7. The van der Waals surface area contributed by atoms with E-state index in [1.54, 1.807) is 24.3 Å². The molecule has 3 aromatic rings. The lowest BCUT2D eigenvalue weighted by atomic mass is 10.1. The van der Waals surface area contributed by atoms with Crippen molar-refractivity contribution in [3.8, 4) is 11.5 Å². The van der Waals surface area contributed by atoms with Crippen molar-refractivity contribution in [2.45, 2.75) is 42.7 Å². The number of anilines is 1. The lowest BCUT2D eigenvalue weighted by molar-refractivity contribution is 0.120. The van der Waals surface area contributed by atoms with Crippen LogP contribution in [0.2, 0.25) is 0 Å². The second-order valence-electron chi connectivity index (χ2n) is 7.36. The molecule has 0 aliphatic carbocycles. The van der Waals surface area contributed by atoms with Crippen molar-refractivity contribution in [3.05, 3.63) is 59.7 Å². The fourth-order valence-corrected chi connectivity index (χ4v) is 4.62. The summed E-state index contributed by atoms with van der Waals surface area (Å²) in [6.07, 6.45) is 1.98. The number of aromatic nitrogens is 1. The number of aryl methyl sites for hydroxylation is 2. The van der Waals surface area contributed by atoms with E-state index in [9.17, 15) is 8.42 Å². The Morgan fingerprint density at radius 2 is 1.90 bits per heavy atom. The minimum absolute atomic E-state index is 0.0393. The van der Waals surface area contributed by atoms with Crippen molar-refractivity contribution >= 4 is 15.7 Å². The van der Waals surface area contributed by atoms with Crippen LogP contribution in [0.25, 0.3) is 11.5 Å². The number of oxazole rings is 1. The summed E-state index contributed by atoms with van der Waals surface area (Å²) < 4.78 is 38.1. The minimum Gasteiger partial charge on any atom is -0.419 e. The molecule has 0 spiro atoms. The van der Waals surface area contributed by atoms with Crippen LogP contribution in [-0.2, 0) is 14.6 Å². The van der Waals surface area contributed by atoms with Gasteiger partial charge in [-0.1, -0.05) is 35.4 Å². The third kappa shape index (κ3) is 4.21. The third-order valence-corrected chi connectivity index (χ3v) is 6.64. The molecule has 2 aromatic carbocycles. The summed E-state index contributed by atoms with van der Waals surface area (Å²) in [5.74, 6) is 0.423. The van der Waals surface area contributed by atoms with Gasteiger partial charge in [-0.15, -0.1) is 0 Å². The second-order valence-corrected chi connectivity index (χ2v) is 9.22. The van der Waals surface area contributed by atoms with E-state index in [1.807, 2.05) is 38.1 Å². The van der Waals surface area contributed by atoms with E-state index in [0.717, 1.165) is 36.1 Å². The number of hydrogen-bond acceptors (Lipinski definition) is 6. The molecule has 1 aliphatic rings. The molecule has 1 atom stereocenters. The van der Waals surface area contributed by atoms with Crippen molar-refractivity contribution in [1.29, 1.82) is 0 Å². The molecule has 7 heteroatoms. The number of nitrogens with zero attached hydrogens (tertiary/aromatic N) is 1. The highest BCUT2D eigenvalue weighted by molar-refractivity contribution is 7.91. The van der Waals surface area contributed by atoms with Gasteiger partial charge in [-0.3, -0.25) is 0 Å². The molecule has 1 N–H and O–H groups in total. The van der Waals surface area contributed by atoms with Gasteiger partial charge in [0.1, 0.15) is 0 Å².